The Morgan fingerprint density at radius 2 is 2.20 bits per heavy atom. The van der Waals surface area contributed by atoms with Crippen molar-refractivity contribution in [1.29, 1.82) is 5.26 Å². The van der Waals surface area contributed by atoms with Gasteiger partial charge in [0.1, 0.15) is 11.8 Å². The van der Waals surface area contributed by atoms with Gasteiger partial charge in [-0.25, -0.2) is 0 Å². The summed E-state index contributed by atoms with van der Waals surface area (Å²) in [4.78, 5) is 12.3. The fraction of sp³-hybridized carbons (Fsp3) is 0.429. The summed E-state index contributed by atoms with van der Waals surface area (Å²) in [5.74, 6) is 0.0423. The van der Waals surface area contributed by atoms with Crippen molar-refractivity contribution < 1.29 is 9.53 Å². The summed E-state index contributed by atoms with van der Waals surface area (Å²) in [6.07, 6.45) is 0.624. The van der Waals surface area contributed by atoms with E-state index >= 15 is 0 Å². The molecule has 0 aromatic heterocycles. The van der Waals surface area contributed by atoms with Gasteiger partial charge in [0, 0.05) is 6.07 Å². The molecule has 1 aromatic carbocycles. The third-order valence-electron chi connectivity index (χ3n) is 2.82. The van der Waals surface area contributed by atoms with Crippen LogP contribution in [0, 0.1) is 11.3 Å². The minimum atomic E-state index is -0.303. The Morgan fingerprint density at radius 3 is 2.70 bits per heavy atom. The minimum absolute atomic E-state index is 0.126. The number of rotatable bonds is 6. The van der Waals surface area contributed by atoms with E-state index in [9.17, 15) is 4.79 Å². The number of nitrogens with one attached hydrogen (secondary N) is 2. The van der Waals surface area contributed by atoms with Crippen LogP contribution >= 0.6 is 11.6 Å². The topological polar surface area (TPSA) is 74.1 Å². The van der Waals surface area contributed by atoms with Gasteiger partial charge < -0.3 is 10.1 Å². The summed E-state index contributed by atoms with van der Waals surface area (Å²) in [5.41, 5.74) is 0.541. The molecule has 0 saturated heterocycles. The number of hydrogen-bond donors (Lipinski definition) is 2. The van der Waals surface area contributed by atoms with E-state index in [-0.39, 0.29) is 22.7 Å². The fourth-order valence-corrected chi connectivity index (χ4v) is 1.96. The SMILES string of the molecule is CCNC(CC)NC(=O)c1cc(C#N)c(Cl)cc1OC. The van der Waals surface area contributed by atoms with Gasteiger partial charge >= 0.3 is 0 Å². The van der Waals surface area contributed by atoms with Crippen molar-refractivity contribution in [3.8, 4) is 11.8 Å². The first-order valence-corrected chi connectivity index (χ1v) is 6.77. The lowest BCUT2D eigenvalue weighted by Crippen LogP contribution is -2.44. The van der Waals surface area contributed by atoms with Crippen molar-refractivity contribution in [2.75, 3.05) is 13.7 Å². The second kappa shape index (κ2) is 7.73. The molecule has 108 valence electrons. The number of ether oxygens (including phenoxy) is 1. The molecule has 1 amide bonds. The monoisotopic (exact) mass is 295 g/mol. The van der Waals surface area contributed by atoms with Crippen molar-refractivity contribution in [1.82, 2.24) is 10.6 Å². The van der Waals surface area contributed by atoms with Crippen LogP contribution in [-0.2, 0) is 0 Å². The second-order valence-corrected chi connectivity index (χ2v) is 4.54. The van der Waals surface area contributed by atoms with Gasteiger partial charge in [0.2, 0.25) is 0 Å². The minimum Gasteiger partial charge on any atom is -0.496 e. The van der Waals surface area contributed by atoms with Crippen molar-refractivity contribution in [2.24, 2.45) is 0 Å². The van der Waals surface area contributed by atoms with Gasteiger partial charge in [-0.2, -0.15) is 5.26 Å². The van der Waals surface area contributed by atoms with E-state index in [1.54, 1.807) is 0 Å². The Kier molecular flexibility index (Phi) is 6.29. The molecule has 0 radical (unpaired) electrons. The van der Waals surface area contributed by atoms with Gasteiger partial charge in [-0.05, 0) is 19.0 Å². The van der Waals surface area contributed by atoms with Crippen LogP contribution in [0.3, 0.4) is 0 Å². The molecule has 0 heterocycles. The molecule has 0 saturated carbocycles. The van der Waals surface area contributed by atoms with Crippen LogP contribution in [-0.4, -0.2) is 25.7 Å². The maximum Gasteiger partial charge on any atom is 0.256 e. The van der Waals surface area contributed by atoms with Gasteiger partial charge in [-0.15, -0.1) is 0 Å². The van der Waals surface area contributed by atoms with E-state index in [2.05, 4.69) is 10.6 Å². The zero-order valence-electron chi connectivity index (χ0n) is 11.8. The number of hydrogen-bond acceptors (Lipinski definition) is 4. The largest absolute Gasteiger partial charge is 0.496 e. The Morgan fingerprint density at radius 1 is 1.50 bits per heavy atom. The van der Waals surface area contributed by atoms with Crippen LogP contribution in [0.15, 0.2) is 12.1 Å². The molecule has 1 atom stereocenters. The van der Waals surface area contributed by atoms with Crippen molar-refractivity contribution in [3.63, 3.8) is 0 Å². The van der Waals surface area contributed by atoms with Crippen molar-refractivity contribution >= 4 is 17.5 Å². The van der Waals surface area contributed by atoms with Crippen LogP contribution in [0.2, 0.25) is 5.02 Å². The molecule has 1 rings (SSSR count). The molecule has 5 nitrogen and oxygen atoms in total. The third kappa shape index (κ3) is 3.86. The highest BCUT2D eigenvalue weighted by molar-refractivity contribution is 6.32. The first-order valence-electron chi connectivity index (χ1n) is 6.39. The van der Waals surface area contributed by atoms with E-state index in [0.717, 1.165) is 13.0 Å². The van der Waals surface area contributed by atoms with Crippen LogP contribution in [0.4, 0.5) is 0 Å². The Hall–Kier alpha value is -1.77. The van der Waals surface area contributed by atoms with E-state index in [4.69, 9.17) is 21.6 Å². The molecule has 2 N–H and O–H groups in total. The molecular formula is C14H18ClN3O2. The highest BCUT2D eigenvalue weighted by Crippen LogP contribution is 2.26. The molecule has 0 fully saturated rings. The maximum absolute atomic E-state index is 12.3. The zero-order valence-corrected chi connectivity index (χ0v) is 12.5. The summed E-state index contributed by atoms with van der Waals surface area (Å²) in [5, 5.41) is 15.2. The predicted octanol–water partition coefficient (Wildman–Crippen LogP) is 2.30. The van der Waals surface area contributed by atoms with Gasteiger partial charge in [0.25, 0.3) is 5.91 Å². The molecule has 20 heavy (non-hydrogen) atoms. The van der Waals surface area contributed by atoms with Gasteiger partial charge in [-0.1, -0.05) is 25.4 Å². The predicted molar refractivity (Wildman–Crippen MR) is 77.9 cm³/mol. The van der Waals surface area contributed by atoms with Gasteiger partial charge in [-0.3, -0.25) is 10.1 Å². The smallest absolute Gasteiger partial charge is 0.256 e. The first kappa shape index (κ1) is 16.3. The van der Waals surface area contributed by atoms with Crippen LogP contribution in [0.5, 0.6) is 5.75 Å². The quantitative estimate of drug-likeness (QED) is 0.790. The number of halogens is 1. The summed E-state index contributed by atoms with van der Waals surface area (Å²) in [7, 11) is 1.45. The first-order chi connectivity index (χ1) is 9.57. The Bertz CT molecular complexity index is 526. The van der Waals surface area contributed by atoms with E-state index < -0.39 is 0 Å². The van der Waals surface area contributed by atoms with Crippen molar-refractivity contribution in [3.05, 3.63) is 28.3 Å². The average molecular weight is 296 g/mol. The van der Waals surface area contributed by atoms with Crippen LogP contribution < -0.4 is 15.4 Å². The molecule has 0 aliphatic carbocycles. The standard InChI is InChI=1S/C14H18ClN3O2/c1-4-13(17-5-2)18-14(19)10-6-9(8-16)11(15)7-12(10)20-3/h6-7,13,17H,4-5H2,1-3H3,(H,18,19). The summed E-state index contributed by atoms with van der Waals surface area (Å²) < 4.78 is 5.15. The van der Waals surface area contributed by atoms with Crippen LogP contribution in [0.1, 0.15) is 36.2 Å². The molecule has 1 aromatic rings. The Balaban J connectivity index is 3.05. The van der Waals surface area contributed by atoms with Gasteiger partial charge in [0.05, 0.1) is 29.4 Å². The molecular weight excluding hydrogens is 278 g/mol. The summed E-state index contributed by atoms with van der Waals surface area (Å²) >= 11 is 5.92. The average Bonchev–Trinajstić information content (AvgIpc) is 2.46. The lowest BCUT2D eigenvalue weighted by molar-refractivity contribution is 0.0925. The molecule has 0 bridgehead atoms. The number of methoxy groups -OCH3 is 1. The number of carbonyl (C=O) groups excluding carboxylic acids is 1. The number of nitriles is 1. The highest BCUT2D eigenvalue weighted by atomic mass is 35.5. The normalized spacial score (nSPS) is 11.6. The highest BCUT2D eigenvalue weighted by Gasteiger charge is 2.18. The lowest BCUT2D eigenvalue weighted by Gasteiger charge is -2.18. The number of amides is 1. The van der Waals surface area contributed by atoms with Crippen LogP contribution in [0.25, 0.3) is 0 Å². The van der Waals surface area contributed by atoms with Gasteiger partial charge in [0.15, 0.2) is 0 Å². The second-order valence-electron chi connectivity index (χ2n) is 4.14. The fourth-order valence-electron chi connectivity index (χ4n) is 1.77. The van der Waals surface area contributed by atoms with Crippen molar-refractivity contribution in [2.45, 2.75) is 26.4 Å². The Labute approximate surface area is 123 Å². The number of carbonyl (C=O) groups is 1. The summed E-state index contributed by atoms with van der Waals surface area (Å²) in [6, 6.07) is 4.87. The zero-order chi connectivity index (χ0) is 15.1. The molecule has 0 spiro atoms. The molecule has 0 aliphatic rings. The lowest BCUT2D eigenvalue weighted by atomic mass is 10.1. The molecule has 6 heteroatoms. The van der Waals surface area contributed by atoms with E-state index in [1.165, 1.54) is 19.2 Å². The molecule has 1 unspecified atom stereocenters. The molecule has 0 aliphatic heterocycles. The number of benzene rings is 1. The summed E-state index contributed by atoms with van der Waals surface area (Å²) in [6.45, 7) is 4.68. The van der Waals surface area contributed by atoms with E-state index in [1.807, 2.05) is 19.9 Å². The number of nitrogens with zero attached hydrogens (tertiary/aromatic N) is 1. The van der Waals surface area contributed by atoms with E-state index in [0.29, 0.717) is 11.3 Å². The maximum atomic E-state index is 12.3. The third-order valence-corrected chi connectivity index (χ3v) is 3.13.